The van der Waals surface area contributed by atoms with Gasteiger partial charge >= 0.3 is 0 Å². The summed E-state index contributed by atoms with van der Waals surface area (Å²) in [6.45, 7) is 4.73. The third-order valence-corrected chi connectivity index (χ3v) is 3.55. The van der Waals surface area contributed by atoms with Gasteiger partial charge in [0, 0.05) is 13.2 Å². The van der Waals surface area contributed by atoms with Crippen molar-refractivity contribution in [3.05, 3.63) is 0 Å². The zero-order valence-electron chi connectivity index (χ0n) is 9.90. The smallest absolute Gasteiger partial charge is 0.233 e. The van der Waals surface area contributed by atoms with Crippen LogP contribution < -0.4 is 0 Å². The summed E-state index contributed by atoms with van der Waals surface area (Å²) >= 11 is 0. The monoisotopic (exact) mass is 225 g/mol. The predicted molar refractivity (Wildman–Crippen MR) is 58.4 cm³/mol. The topological polar surface area (TPSA) is 57.6 Å². The van der Waals surface area contributed by atoms with Crippen LogP contribution in [0.25, 0.3) is 0 Å². The summed E-state index contributed by atoms with van der Waals surface area (Å²) in [7, 11) is 0. The molecule has 1 aliphatic carbocycles. The maximum Gasteiger partial charge on any atom is 0.233 e. The summed E-state index contributed by atoms with van der Waals surface area (Å²) in [5, 5.41) is 8.80. The minimum Gasteiger partial charge on any atom is -0.396 e. The van der Waals surface area contributed by atoms with E-state index in [9.17, 15) is 9.59 Å². The highest BCUT2D eigenvalue weighted by Crippen LogP contribution is 2.47. The van der Waals surface area contributed by atoms with Crippen molar-refractivity contribution in [2.75, 3.05) is 13.2 Å². The first-order chi connectivity index (χ1) is 7.46. The second-order valence-corrected chi connectivity index (χ2v) is 5.70. The molecule has 2 amide bonds. The van der Waals surface area contributed by atoms with Crippen molar-refractivity contribution < 1.29 is 14.7 Å². The molecule has 2 rings (SSSR count). The summed E-state index contributed by atoms with van der Waals surface area (Å²) in [4.78, 5) is 25.0. The van der Waals surface area contributed by atoms with Crippen molar-refractivity contribution >= 4 is 11.8 Å². The number of nitrogens with zero attached hydrogens (tertiary/aromatic N) is 1. The van der Waals surface area contributed by atoms with Gasteiger partial charge in [-0.25, -0.2) is 0 Å². The number of rotatable bonds is 5. The molecule has 2 unspecified atom stereocenters. The van der Waals surface area contributed by atoms with Crippen LogP contribution in [0.3, 0.4) is 0 Å². The van der Waals surface area contributed by atoms with E-state index in [2.05, 4.69) is 0 Å². The van der Waals surface area contributed by atoms with Gasteiger partial charge < -0.3 is 5.11 Å². The van der Waals surface area contributed by atoms with Crippen LogP contribution in [-0.2, 0) is 9.59 Å². The number of imide groups is 1. The van der Waals surface area contributed by atoms with E-state index >= 15 is 0 Å². The van der Waals surface area contributed by atoms with Gasteiger partial charge in [-0.2, -0.15) is 0 Å². The quantitative estimate of drug-likeness (QED) is 0.704. The predicted octanol–water partition coefficient (Wildman–Crippen LogP) is 0.790. The average Bonchev–Trinajstić information content (AvgIpc) is 2.97. The number of aliphatic hydroxyl groups is 1. The number of carbonyl (C=O) groups excluding carboxylic acids is 2. The van der Waals surface area contributed by atoms with Gasteiger partial charge in [0.2, 0.25) is 11.8 Å². The number of carbonyl (C=O) groups is 2. The van der Waals surface area contributed by atoms with Crippen LogP contribution in [0.5, 0.6) is 0 Å². The second kappa shape index (κ2) is 3.84. The lowest BCUT2D eigenvalue weighted by Gasteiger charge is -2.29. The first-order valence-electron chi connectivity index (χ1n) is 5.92. The molecule has 1 saturated heterocycles. The second-order valence-electron chi connectivity index (χ2n) is 5.70. The largest absolute Gasteiger partial charge is 0.396 e. The van der Waals surface area contributed by atoms with Crippen molar-refractivity contribution in [2.24, 2.45) is 17.3 Å². The maximum absolute atomic E-state index is 11.8. The zero-order valence-corrected chi connectivity index (χ0v) is 9.90. The summed E-state index contributed by atoms with van der Waals surface area (Å²) in [6, 6.07) is 0. The molecule has 2 fully saturated rings. The molecule has 0 aromatic carbocycles. The molecule has 1 heterocycles. The van der Waals surface area contributed by atoms with Crippen molar-refractivity contribution in [1.82, 2.24) is 4.90 Å². The first-order valence-corrected chi connectivity index (χ1v) is 5.92. The van der Waals surface area contributed by atoms with E-state index in [1.165, 1.54) is 4.90 Å². The summed E-state index contributed by atoms with van der Waals surface area (Å²) in [6.07, 6.45) is 2.32. The lowest BCUT2D eigenvalue weighted by molar-refractivity contribution is -0.143. The van der Waals surface area contributed by atoms with E-state index < -0.39 is 0 Å². The molecule has 0 spiro atoms. The highest BCUT2D eigenvalue weighted by atomic mass is 16.3. The summed E-state index contributed by atoms with van der Waals surface area (Å²) in [5.41, 5.74) is -0.0924. The van der Waals surface area contributed by atoms with Crippen LogP contribution >= 0.6 is 0 Å². The maximum atomic E-state index is 11.8. The summed E-state index contributed by atoms with van der Waals surface area (Å²) in [5.74, 6) is 0.0430. The van der Waals surface area contributed by atoms with Crippen LogP contribution in [0.4, 0.5) is 0 Å². The van der Waals surface area contributed by atoms with Crippen LogP contribution in [0.1, 0.15) is 33.1 Å². The van der Waals surface area contributed by atoms with Crippen LogP contribution in [-0.4, -0.2) is 35.0 Å². The van der Waals surface area contributed by atoms with E-state index in [4.69, 9.17) is 5.11 Å². The van der Waals surface area contributed by atoms with Gasteiger partial charge in [-0.3, -0.25) is 14.5 Å². The molecule has 1 aliphatic heterocycles. The molecule has 1 N–H and O–H groups in total. The minimum absolute atomic E-state index is 0.00106. The Morgan fingerprint density at radius 2 is 1.88 bits per heavy atom. The van der Waals surface area contributed by atoms with Gasteiger partial charge in [0.1, 0.15) is 0 Å². The van der Waals surface area contributed by atoms with Crippen molar-refractivity contribution in [3.8, 4) is 0 Å². The molecule has 2 atom stereocenters. The molecule has 4 nitrogen and oxygen atoms in total. The number of amides is 2. The Morgan fingerprint density at radius 1 is 1.31 bits per heavy atom. The van der Waals surface area contributed by atoms with Gasteiger partial charge in [-0.05, 0) is 24.7 Å². The molecule has 2 aliphatic rings. The minimum atomic E-state index is -0.0924. The van der Waals surface area contributed by atoms with Crippen LogP contribution in [0.15, 0.2) is 0 Å². The van der Waals surface area contributed by atoms with Crippen molar-refractivity contribution in [1.29, 1.82) is 0 Å². The van der Waals surface area contributed by atoms with E-state index in [0.717, 1.165) is 19.3 Å². The van der Waals surface area contributed by atoms with Gasteiger partial charge in [-0.1, -0.05) is 13.8 Å². The number of aliphatic hydroxyl groups excluding tert-OH is 1. The van der Waals surface area contributed by atoms with Gasteiger partial charge in [-0.15, -0.1) is 0 Å². The molecule has 0 radical (unpaired) electrons. The van der Waals surface area contributed by atoms with Gasteiger partial charge in [0.25, 0.3) is 0 Å². The van der Waals surface area contributed by atoms with Gasteiger partial charge in [0.05, 0.1) is 11.8 Å². The fourth-order valence-corrected chi connectivity index (χ4v) is 2.47. The normalized spacial score (nSPS) is 28.6. The molecule has 4 heteroatoms. The number of fused-ring (bicyclic) bond motifs is 1. The Bertz CT molecular complexity index is 304. The Labute approximate surface area is 95.6 Å². The Hall–Kier alpha value is -0.900. The van der Waals surface area contributed by atoms with Crippen LogP contribution in [0, 0.1) is 17.3 Å². The van der Waals surface area contributed by atoms with E-state index in [-0.39, 0.29) is 35.7 Å². The lowest BCUT2D eigenvalue weighted by atomic mass is 9.87. The fourth-order valence-electron chi connectivity index (χ4n) is 2.47. The molecular formula is C12H19NO3. The third-order valence-electron chi connectivity index (χ3n) is 3.55. The van der Waals surface area contributed by atoms with E-state index in [1.807, 2.05) is 13.8 Å². The number of hydrogen-bond acceptors (Lipinski definition) is 3. The molecule has 1 saturated carbocycles. The molecule has 0 bridgehead atoms. The van der Waals surface area contributed by atoms with Crippen molar-refractivity contribution in [2.45, 2.75) is 33.1 Å². The number of hydrogen-bond donors (Lipinski definition) is 1. The third kappa shape index (κ3) is 1.98. The van der Waals surface area contributed by atoms with E-state index in [1.54, 1.807) is 0 Å². The van der Waals surface area contributed by atoms with E-state index in [0.29, 0.717) is 6.54 Å². The first kappa shape index (κ1) is 11.6. The molecule has 16 heavy (non-hydrogen) atoms. The number of likely N-dealkylation sites (tertiary alicyclic amines) is 1. The Morgan fingerprint density at radius 3 is 2.38 bits per heavy atom. The summed E-state index contributed by atoms with van der Waals surface area (Å²) < 4.78 is 0. The van der Waals surface area contributed by atoms with Gasteiger partial charge in [0.15, 0.2) is 0 Å². The molecule has 90 valence electrons. The molecule has 0 aromatic rings. The standard InChI is InChI=1S/C12H19NO3/c1-12(2,4-3-5-14)7-13-10(15)8-6-9(8)11(13)16/h8-9,14H,3-7H2,1-2H3. The van der Waals surface area contributed by atoms with Crippen molar-refractivity contribution in [3.63, 3.8) is 0 Å². The highest BCUT2D eigenvalue weighted by Gasteiger charge is 2.59. The SMILES string of the molecule is CC(C)(CCCO)CN1C(=O)C2CC2C1=O. The zero-order chi connectivity index (χ0) is 11.9. The Balaban J connectivity index is 1.94. The molecule has 0 aromatic heterocycles. The lowest BCUT2D eigenvalue weighted by Crippen LogP contribution is -2.40. The fraction of sp³-hybridized carbons (Fsp3) is 0.833. The molecular weight excluding hydrogens is 206 g/mol. The van der Waals surface area contributed by atoms with Crippen LogP contribution in [0.2, 0.25) is 0 Å². The number of piperidine rings is 1. The Kier molecular flexibility index (Phi) is 2.78. The average molecular weight is 225 g/mol. The highest BCUT2D eigenvalue weighted by molar-refractivity contribution is 6.08.